The Morgan fingerprint density at radius 2 is 1.88 bits per heavy atom. The molecule has 1 aromatic carbocycles. The van der Waals surface area contributed by atoms with Crippen molar-refractivity contribution < 1.29 is 4.39 Å². The molecule has 0 aliphatic rings. The highest BCUT2D eigenvalue weighted by atomic mass is 19.1. The maximum absolute atomic E-state index is 13.5. The molecule has 0 saturated carbocycles. The molecule has 4 aromatic rings. The second-order valence-corrected chi connectivity index (χ2v) is 5.57. The molecule has 5 heteroatoms. The number of hydrogen-bond donors (Lipinski definition) is 1. The highest BCUT2D eigenvalue weighted by molar-refractivity contribution is 5.88. The molecule has 0 spiro atoms. The zero-order valence-electron chi connectivity index (χ0n) is 13.1. The van der Waals surface area contributed by atoms with Crippen LogP contribution in [0.25, 0.3) is 22.2 Å². The van der Waals surface area contributed by atoms with E-state index in [1.807, 2.05) is 54.2 Å². The number of nitrogens with zero attached hydrogens (tertiary/aromatic N) is 3. The van der Waals surface area contributed by atoms with Gasteiger partial charge in [-0.15, -0.1) is 0 Å². The first-order valence-corrected chi connectivity index (χ1v) is 7.60. The summed E-state index contributed by atoms with van der Waals surface area (Å²) in [5.41, 5.74) is 2.80. The van der Waals surface area contributed by atoms with Gasteiger partial charge in [-0.05, 0) is 30.3 Å². The van der Waals surface area contributed by atoms with Crippen molar-refractivity contribution >= 4 is 22.5 Å². The Hall–Kier alpha value is -3.21. The lowest BCUT2D eigenvalue weighted by Crippen LogP contribution is -1.96. The number of nitrogens with one attached hydrogen (secondary N) is 1. The first-order chi connectivity index (χ1) is 11.7. The summed E-state index contributed by atoms with van der Waals surface area (Å²) >= 11 is 0. The highest BCUT2D eigenvalue weighted by Crippen LogP contribution is 2.28. The smallest absolute Gasteiger partial charge is 0.133 e. The van der Waals surface area contributed by atoms with Gasteiger partial charge in [-0.3, -0.25) is 0 Å². The standard InChI is InChI=1S/C19H15FN4/c1-24-16(13-5-4-6-15(20)9-13)10-14-12-22-19(11-17(14)24)23-18-7-2-3-8-21-18/h2-12H,1H3,(H,21,22,23). The summed E-state index contributed by atoms with van der Waals surface area (Å²) in [4.78, 5) is 8.67. The summed E-state index contributed by atoms with van der Waals surface area (Å²) in [6, 6.07) is 16.2. The van der Waals surface area contributed by atoms with Gasteiger partial charge in [-0.25, -0.2) is 14.4 Å². The first kappa shape index (κ1) is 14.4. The Morgan fingerprint density at radius 1 is 0.958 bits per heavy atom. The minimum absolute atomic E-state index is 0.242. The zero-order chi connectivity index (χ0) is 16.5. The first-order valence-electron chi connectivity index (χ1n) is 7.60. The maximum Gasteiger partial charge on any atom is 0.133 e. The molecule has 0 bridgehead atoms. The fourth-order valence-electron chi connectivity index (χ4n) is 2.79. The van der Waals surface area contributed by atoms with E-state index in [4.69, 9.17) is 0 Å². The molecule has 0 amide bonds. The normalized spacial score (nSPS) is 10.9. The van der Waals surface area contributed by atoms with Crippen LogP contribution in [0.3, 0.4) is 0 Å². The number of halogens is 1. The minimum Gasteiger partial charge on any atom is -0.343 e. The summed E-state index contributed by atoms with van der Waals surface area (Å²) in [7, 11) is 1.97. The predicted octanol–water partition coefficient (Wildman–Crippen LogP) is 4.52. The molecule has 0 aliphatic heterocycles. The highest BCUT2D eigenvalue weighted by Gasteiger charge is 2.10. The molecule has 0 aliphatic carbocycles. The second-order valence-electron chi connectivity index (χ2n) is 5.57. The summed E-state index contributed by atoms with van der Waals surface area (Å²) in [5, 5.41) is 4.19. The third kappa shape index (κ3) is 2.60. The number of pyridine rings is 2. The summed E-state index contributed by atoms with van der Waals surface area (Å²) in [6.07, 6.45) is 3.54. The number of anilines is 2. The third-order valence-corrected chi connectivity index (χ3v) is 3.97. The molecule has 4 nitrogen and oxygen atoms in total. The number of rotatable bonds is 3. The van der Waals surface area contributed by atoms with Crippen LogP contribution >= 0.6 is 0 Å². The Morgan fingerprint density at radius 3 is 2.67 bits per heavy atom. The van der Waals surface area contributed by atoms with Crippen LogP contribution in [0, 0.1) is 5.82 Å². The molecule has 24 heavy (non-hydrogen) atoms. The number of aromatic nitrogens is 3. The summed E-state index contributed by atoms with van der Waals surface area (Å²) in [5.74, 6) is 1.21. The Bertz CT molecular complexity index is 1010. The van der Waals surface area contributed by atoms with Crippen LogP contribution in [-0.4, -0.2) is 14.5 Å². The largest absolute Gasteiger partial charge is 0.343 e. The Balaban J connectivity index is 1.76. The van der Waals surface area contributed by atoms with Gasteiger partial charge in [0.1, 0.15) is 17.5 Å². The van der Waals surface area contributed by atoms with Gasteiger partial charge in [-0.2, -0.15) is 0 Å². The molecule has 0 fully saturated rings. The van der Waals surface area contributed by atoms with E-state index in [2.05, 4.69) is 15.3 Å². The maximum atomic E-state index is 13.5. The van der Waals surface area contributed by atoms with Gasteiger partial charge in [-0.1, -0.05) is 18.2 Å². The molecular formula is C19H15FN4. The van der Waals surface area contributed by atoms with Crippen LogP contribution < -0.4 is 5.32 Å². The van der Waals surface area contributed by atoms with E-state index in [1.54, 1.807) is 12.3 Å². The second kappa shape index (κ2) is 5.77. The molecule has 0 atom stereocenters. The third-order valence-electron chi connectivity index (χ3n) is 3.97. The predicted molar refractivity (Wildman–Crippen MR) is 93.6 cm³/mol. The van der Waals surface area contributed by atoms with E-state index in [0.717, 1.165) is 28.0 Å². The number of hydrogen-bond acceptors (Lipinski definition) is 3. The van der Waals surface area contributed by atoms with Crippen LogP contribution in [0.2, 0.25) is 0 Å². The van der Waals surface area contributed by atoms with E-state index < -0.39 is 0 Å². The van der Waals surface area contributed by atoms with Crippen LogP contribution in [0.4, 0.5) is 16.0 Å². The molecule has 3 heterocycles. The summed E-state index contributed by atoms with van der Waals surface area (Å²) < 4.78 is 15.5. The van der Waals surface area contributed by atoms with Crippen LogP contribution in [0.15, 0.2) is 67.0 Å². The molecular weight excluding hydrogens is 303 g/mol. The van der Waals surface area contributed by atoms with E-state index in [0.29, 0.717) is 5.82 Å². The fraction of sp³-hybridized carbons (Fsp3) is 0.0526. The lowest BCUT2D eigenvalue weighted by Gasteiger charge is -2.06. The number of fused-ring (bicyclic) bond motifs is 1. The SMILES string of the molecule is Cn1c(-c2cccc(F)c2)cc2cnc(Nc3ccccn3)cc21. The molecule has 3 aromatic heterocycles. The number of benzene rings is 1. The zero-order valence-corrected chi connectivity index (χ0v) is 13.1. The molecule has 0 unspecified atom stereocenters. The quantitative estimate of drug-likeness (QED) is 0.604. The van der Waals surface area contributed by atoms with Crippen LogP contribution in [0.5, 0.6) is 0 Å². The van der Waals surface area contributed by atoms with Gasteiger partial charge in [0.2, 0.25) is 0 Å². The monoisotopic (exact) mass is 318 g/mol. The van der Waals surface area contributed by atoms with Crippen molar-refractivity contribution in [3.8, 4) is 11.3 Å². The Kier molecular flexibility index (Phi) is 3.46. The topological polar surface area (TPSA) is 42.7 Å². The van der Waals surface area contributed by atoms with E-state index >= 15 is 0 Å². The van der Waals surface area contributed by atoms with Gasteiger partial charge in [0.15, 0.2) is 0 Å². The van der Waals surface area contributed by atoms with Gasteiger partial charge < -0.3 is 9.88 Å². The molecule has 0 saturated heterocycles. The lowest BCUT2D eigenvalue weighted by atomic mass is 10.1. The minimum atomic E-state index is -0.242. The average Bonchev–Trinajstić information content (AvgIpc) is 2.93. The van der Waals surface area contributed by atoms with Crippen molar-refractivity contribution in [1.29, 1.82) is 0 Å². The van der Waals surface area contributed by atoms with Gasteiger partial charge >= 0.3 is 0 Å². The fourth-order valence-corrected chi connectivity index (χ4v) is 2.79. The number of aryl methyl sites for hydroxylation is 1. The van der Waals surface area contributed by atoms with Crippen molar-refractivity contribution in [3.63, 3.8) is 0 Å². The average molecular weight is 318 g/mol. The van der Waals surface area contributed by atoms with Gasteiger partial charge in [0.25, 0.3) is 0 Å². The van der Waals surface area contributed by atoms with Crippen LogP contribution in [0.1, 0.15) is 0 Å². The molecule has 1 N–H and O–H groups in total. The Labute approximate surface area is 138 Å². The van der Waals surface area contributed by atoms with Gasteiger partial charge in [0.05, 0.1) is 5.52 Å². The van der Waals surface area contributed by atoms with Crippen molar-refractivity contribution in [2.45, 2.75) is 0 Å². The van der Waals surface area contributed by atoms with E-state index in [1.165, 1.54) is 12.1 Å². The van der Waals surface area contributed by atoms with E-state index in [-0.39, 0.29) is 5.82 Å². The summed E-state index contributed by atoms with van der Waals surface area (Å²) in [6.45, 7) is 0. The lowest BCUT2D eigenvalue weighted by molar-refractivity contribution is 0.628. The molecule has 0 radical (unpaired) electrons. The van der Waals surface area contributed by atoms with Crippen molar-refractivity contribution in [1.82, 2.24) is 14.5 Å². The van der Waals surface area contributed by atoms with Crippen molar-refractivity contribution in [2.75, 3.05) is 5.32 Å². The van der Waals surface area contributed by atoms with Gasteiger partial charge in [0, 0.05) is 42.2 Å². The molecule has 4 rings (SSSR count). The van der Waals surface area contributed by atoms with E-state index in [9.17, 15) is 4.39 Å². The van der Waals surface area contributed by atoms with Crippen molar-refractivity contribution in [3.05, 3.63) is 72.8 Å². The molecule has 118 valence electrons. The van der Waals surface area contributed by atoms with Crippen molar-refractivity contribution in [2.24, 2.45) is 7.05 Å². The van der Waals surface area contributed by atoms with Crippen LogP contribution in [-0.2, 0) is 7.05 Å².